The Morgan fingerprint density at radius 3 is 2.19 bits per heavy atom. The molecule has 0 aliphatic carbocycles. The molecule has 1 unspecified atom stereocenters. The fourth-order valence-corrected chi connectivity index (χ4v) is 7.06. The van der Waals surface area contributed by atoms with E-state index in [0.29, 0.717) is 25.9 Å². The summed E-state index contributed by atoms with van der Waals surface area (Å²) < 4.78 is 0. The molecule has 3 aromatic rings. The van der Waals surface area contributed by atoms with Crippen LogP contribution < -0.4 is 27.4 Å². The molecule has 2 heterocycles. The highest BCUT2D eigenvalue weighted by Gasteiger charge is 2.45. The van der Waals surface area contributed by atoms with Crippen LogP contribution in [-0.2, 0) is 38.7 Å². The normalized spacial score (nSPS) is 18.0. The Labute approximate surface area is 309 Å². The van der Waals surface area contributed by atoms with Crippen LogP contribution in [0.15, 0.2) is 54.0 Å². The van der Waals surface area contributed by atoms with E-state index in [-0.39, 0.29) is 49.9 Å². The number of aliphatic hydroxyl groups excluding tert-OH is 2. The number of nitrogens with zero attached hydrogens (tertiary/aromatic N) is 2. The van der Waals surface area contributed by atoms with Crippen LogP contribution in [0, 0.1) is 12.3 Å². The molecule has 4 rings (SSSR count). The van der Waals surface area contributed by atoms with Crippen molar-refractivity contribution in [3.8, 4) is 10.4 Å². The summed E-state index contributed by atoms with van der Waals surface area (Å²) in [6, 6.07) is 13.3. The maximum atomic E-state index is 13.4. The van der Waals surface area contributed by atoms with Crippen molar-refractivity contribution in [1.29, 1.82) is 0 Å². The highest BCUT2D eigenvalue weighted by atomic mass is 32.1. The first-order valence-corrected chi connectivity index (χ1v) is 18.6. The average molecular weight is 736 g/mol. The van der Waals surface area contributed by atoms with Gasteiger partial charge in [-0.25, -0.2) is 4.98 Å². The number of hydrogen-bond donors (Lipinski definition) is 7. The fourth-order valence-electron chi connectivity index (χ4n) is 6.25. The number of likely N-dealkylation sites (tertiary alicyclic amines) is 1. The molecular formula is C38H53N7O6S. The van der Waals surface area contributed by atoms with Gasteiger partial charge in [0.25, 0.3) is 0 Å². The monoisotopic (exact) mass is 735 g/mol. The largest absolute Gasteiger partial charge is 0.392 e. The zero-order valence-electron chi connectivity index (χ0n) is 30.4. The fraction of sp³-hybridized carbons (Fsp3) is 0.500. The van der Waals surface area contributed by atoms with Gasteiger partial charge in [0, 0.05) is 32.5 Å². The third-order valence-corrected chi connectivity index (χ3v) is 10.3. The second-order valence-electron chi connectivity index (χ2n) is 14.6. The van der Waals surface area contributed by atoms with Crippen LogP contribution in [0.3, 0.4) is 0 Å². The number of hydrogen-bond acceptors (Lipinski definition) is 10. The van der Waals surface area contributed by atoms with Crippen LogP contribution in [0.2, 0.25) is 0 Å². The lowest BCUT2D eigenvalue weighted by atomic mass is 9.84. The second-order valence-corrected chi connectivity index (χ2v) is 15.5. The standard InChI is InChI=1S/C38H53N7O6S/c1-23-33(52-22-43-23)27-14-12-26(13-15-27)20-42-36(50)30-18-28(46)21-45(30)37(51)34(38(2,3)4)44-32(48)7-5-6-24-8-10-25(11-9-24)19-41-35(49)29(39)16-17-31(40)47/h8-15,22,28-30,34,37,46,51H,5-7,16-21,39H2,1-4H3,(H2,40,47)(H,41,49)(H,42,50)(H,44,48)/t28-,29+,30+,34-,37?/m1/s1. The van der Waals surface area contributed by atoms with Crippen molar-refractivity contribution < 1.29 is 29.4 Å². The number of nitrogens with two attached hydrogens (primary N) is 2. The first kappa shape index (κ1) is 40.6. The lowest BCUT2D eigenvalue weighted by Gasteiger charge is -2.40. The summed E-state index contributed by atoms with van der Waals surface area (Å²) in [6.45, 7) is 8.41. The first-order valence-electron chi connectivity index (χ1n) is 17.7. The van der Waals surface area contributed by atoms with Gasteiger partial charge in [0.15, 0.2) is 0 Å². The summed E-state index contributed by atoms with van der Waals surface area (Å²) in [7, 11) is 0. The molecule has 1 saturated heterocycles. The van der Waals surface area contributed by atoms with Gasteiger partial charge in [0.2, 0.25) is 23.6 Å². The molecule has 52 heavy (non-hydrogen) atoms. The quantitative estimate of drug-likeness (QED) is 0.108. The highest BCUT2D eigenvalue weighted by molar-refractivity contribution is 7.13. The number of aliphatic hydroxyl groups is 2. The number of rotatable bonds is 17. The number of benzene rings is 2. The van der Waals surface area contributed by atoms with Gasteiger partial charge < -0.3 is 37.6 Å². The minimum atomic E-state index is -1.20. The lowest BCUT2D eigenvalue weighted by Crippen LogP contribution is -2.60. The van der Waals surface area contributed by atoms with Crippen molar-refractivity contribution in [2.75, 3.05) is 6.54 Å². The second kappa shape index (κ2) is 18.5. The molecule has 1 aliphatic heterocycles. The zero-order valence-corrected chi connectivity index (χ0v) is 31.2. The van der Waals surface area contributed by atoms with Crippen LogP contribution in [-0.4, -0.2) is 80.7 Å². The number of β-amino-alcohol motifs (C(OH)–C–C–N with tert-alkyl or cyclic N) is 1. The van der Waals surface area contributed by atoms with E-state index >= 15 is 0 Å². The SMILES string of the molecule is Cc1ncsc1-c1ccc(CNC(=O)[C@@H]2C[C@@H](O)CN2C(O)[C@@H](NC(=O)CCCc2ccc(CNC(=O)[C@@H](N)CCC(N)=O)cc2)C(C)(C)C)cc1. The molecule has 9 N–H and O–H groups in total. The molecule has 13 nitrogen and oxygen atoms in total. The minimum Gasteiger partial charge on any atom is -0.392 e. The number of nitrogens with one attached hydrogen (secondary N) is 3. The topological polar surface area (TPSA) is 213 Å². The van der Waals surface area contributed by atoms with Gasteiger partial charge >= 0.3 is 0 Å². The molecule has 1 fully saturated rings. The van der Waals surface area contributed by atoms with E-state index in [9.17, 15) is 29.4 Å². The van der Waals surface area contributed by atoms with Crippen molar-refractivity contribution in [3.05, 3.63) is 76.4 Å². The molecule has 1 aromatic heterocycles. The maximum Gasteiger partial charge on any atom is 0.237 e. The summed E-state index contributed by atoms with van der Waals surface area (Å²) in [6.07, 6.45) is -0.139. The van der Waals surface area contributed by atoms with Crippen LogP contribution in [0.5, 0.6) is 0 Å². The molecular weight excluding hydrogens is 683 g/mol. The number of aromatic nitrogens is 1. The summed E-state index contributed by atoms with van der Waals surface area (Å²) in [5.41, 5.74) is 17.1. The number of carbonyl (C=O) groups excluding carboxylic acids is 4. The van der Waals surface area contributed by atoms with Crippen molar-refractivity contribution in [2.24, 2.45) is 16.9 Å². The lowest BCUT2D eigenvalue weighted by molar-refractivity contribution is -0.135. The first-order chi connectivity index (χ1) is 24.6. The van der Waals surface area contributed by atoms with E-state index in [1.807, 2.05) is 81.7 Å². The molecule has 14 heteroatoms. The number of aryl methyl sites for hydroxylation is 2. The van der Waals surface area contributed by atoms with E-state index in [4.69, 9.17) is 11.5 Å². The third-order valence-electron chi connectivity index (χ3n) is 9.33. The number of amides is 4. The van der Waals surface area contributed by atoms with E-state index in [0.717, 1.165) is 32.8 Å². The summed E-state index contributed by atoms with van der Waals surface area (Å²) >= 11 is 1.58. The average Bonchev–Trinajstić information content (AvgIpc) is 3.72. The molecule has 0 saturated carbocycles. The molecule has 5 atom stereocenters. The van der Waals surface area contributed by atoms with E-state index < -0.39 is 41.8 Å². The Kier molecular flexibility index (Phi) is 14.4. The van der Waals surface area contributed by atoms with Crippen molar-refractivity contribution >= 4 is 35.0 Å². The van der Waals surface area contributed by atoms with Gasteiger partial charge in [0.05, 0.1) is 40.3 Å². The van der Waals surface area contributed by atoms with Gasteiger partial charge in [-0.15, -0.1) is 11.3 Å². The summed E-state index contributed by atoms with van der Waals surface area (Å²) in [4.78, 5) is 56.6. The van der Waals surface area contributed by atoms with Crippen LogP contribution in [0.25, 0.3) is 10.4 Å². The van der Waals surface area contributed by atoms with Crippen molar-refractivity contribution in [3.63, 3.8) is 0 Å². The molecule has 0 bridgehead atoms. The molecule has 2 aromatic carbocycles. The van der Waals surface area contributed by atoms with Gasteiger partial charge in [-0.2, -0.15) is 0 Å². The van der Waals surface area contributed by atoms with Crippen molar-refractivity contribution in [2.45, 2.75) is 110 Å². The molecule has 282 valence electrons. The van der Waals surface area contributed by atoms with Gasteiger partial charge in [-0.05, 0) is 60.3 Å². The number of primary amides is 1. The number of thiazole rings is 1. The Bertz CT molecular complexity index is 1660. The molecule has 4 amide bonds. The van der Waals surface area contributed by atoms with Crippen LogP contribution in [0.1, 0.15) is 75.3 Å². The smallest absolute Gasteiger partial charge is 0.237 e. The summed E-state index contributed by atoms with van der Waals surface area (Å²) in [5, 5.41) is 30.9. The van der Waals surface area contributed by atoms with E-state index in [1.165, 1.54) is 0 Å². The molecule has 0 spiro atoms. The van der Waals surface area contributed by atoms with Crippen molar-refractivity contribution in [1.82, 2.24) is 25.8 Å². The minimum absolute atomic E-state index is 0.0483. The Hall–Kier alpha value is -4.21. The third kappa shape index (κ3) is 11.7. The van der Waals surface area contributed by atoms with Gasteiger partial charge in [-0.1, -0.05) is 69.3 Å². The van der Waals surface area contributed by atoms with E-state index in [2.05, 4.69) is 20.9 Å². The van der Waals surface area contributed by atoms with Gasteiger partial charge in [0.1, 0.15) is 6.23 Å². The Balaban J connectivity index is 1.26. The maximum absolute atomic E-state index is 13.4. The number of carbonyl (C=O) groups is 4. The molecule has 1 aliphatic rings. The summed E-state index contributed by atoms with van der Waals surface area (Å²) in [5.74, 6) is -1.37. The molecule has 0 radical (unpaired) electrons. The highest BCUT2D eigenvalue weighted by Crippen LogP contribution is 2.30. The predicted molar refractivity (Wildman–Crippen MR) is 200 cm³/mol. The zero-order chi connectivity index (χ0) is 38.0. The van der Waals surface area contributed by atoms with Gasteiger partial charge in [-0.3, -0.25) is 24.1 Å². The van der Waals surface area contributed by atoms with E-state index in [1.54, 1.807) is 16.2 Å². The predicted octanol–water partition coefficient (Wildman–Crippen LogP) is 2.25. The Morgan fingerprint density at radius 1 is 0.981 bits per heavy atom. The van der Waals surface area contributed by atoms with Crippen LogP contribution >= 0.6 is 11.3 Å². The Morgan fingerprint density at radius 2 is 1.60 bits per heavy atom. The van der Waals surface area contributed by atoms with Crippen LogP contribution in [0.4, 0.5) is 0 Å².